The van der Waals surface area contributed by atoms with Crippen molar-refractivity contribution in [2.45, 2.75) is 20.0 Å². The number of ether oxygens (including phenoxy) is 2. The highest BCUT2D eigenvalue weighted by molar-refractivity contribution is 5.50. The largest absolute Gasteiger partial charge is 0.490 e. The lowest BCUT2D eigenvalue weighted by atomic mass is 10.1. The van der Waals surface area contributed by atoms with Crippen LogP contribution in [0, 0.1) is 0 Å². The van der Waals surface area contributed by atoms with Crippen molar-refractivity contribution >= 4 is 0 Å². The smallest absolute Gasteiger partial charge is 0.165 e. The summed E-state index contributed by atoms with van der Waals surface area (Å²) in [6.45, 7) is 10.2. The highest BCUT2D eigenvalue weighted by atomic mass is 16.5. The van der Waals surface area contributed by atoms with Crippen molar-refractivity contribution in [1.29, 1.82) is 0 Å². The van der Waals surface area contributed by atoms with E-state index in [4.69, 9.17) is 9.47 Å². The van der Waals surface area contributed by atoms with Crippen molar-refractivity contribution in [1.82, 2.24) is 0 Å². The molecule has 0 saturated carbocycles. The summed E-state index contributed by atoms with van der Waals surface area (Å²) < 4.78 is 11.2. The Balaban J connectivity index is 3.19. The first-order valence-electron chi connectivity index (χ1n) is 6.00. The van der Waals surface area contributed by atoms with Crippen molar-refractivity contribution in [3.63, 3.8) is 0 Å². The minimum Gasteiger partial charge on any atom is -0.490 e. The highest BCUT2D eigenvalue weighted by Crippen LogP contribution is 2.34. The third-order valence-corrected chi connectivity index (χ3v) is 2.38. The zero-order valence-electron chi connectivity index (χ0n) is 10.8. The van der Waals surface area contributed by atoms with E-state index in [9.17, 15) is 5.11 Å². The molecule has 3 heteroatoms. The van der Waals surface area contributed by atoms with Crippen molar-refractivity contribution in [3.8, 4) is 11.5 Å². The van der Waals surface area contributed by atoms with Gasteiger partial charge < -0.3 is 14.6 Å². The third kappa shape index (κ3) is 3.64. The van der Waals surface area contributed by atoms with E-state index < -0.39 is 0 Å². The Morgan fingerprint density at radius 2 is 2.00 bits per heavy atom. The summed E-state index contributed by atoms with van der Waals surface area (Å²) in [5, 5.41) is 9.25. The van der Waals surface area contributed by atoms with Gasteiger partial charge in [-0.3, -0.25) is 0 Å². The Morgan fingerprint density at radius 3 is 2.56 bits per heavy atom. The monoisotopic (exact) mass is 248 g/mol. The molecule has 0 saturated heterocycles. The number of hydrogen-bond acceptors (Lipinski definition) is 3. The molecule has 1 N–H and O–H groups in total. The lowest BCUT2D eigenvalue weighted by Crippen LogP contribution is -2.03. The number of hydrogen-bond donors (Lipinski definition) is 1. The SMILES string of the molecule is C=CCOc1c(CC=C)cc(CO)cc1OCC. The molecule has 0 heterocycles. The number of benzene rings is 1. The van der Waals surface area contributed by atoms with Crippen molar-refractivity contribution < 1.29 is 14.6 Å². The molecule has 18 heavy (non-hydrogen) atoms. The summed E-state index contributed by atoms with van der Waals surface area (Å²) in [6.07, 6.45) is 4.15. The van der Waals surface area contributed by atoms with Crippen molar-refractivity contribution in [3.05, 3.63) is 48.6 Å². The summed E-state index contributed by atoms with van der Waals surface area (Å²) >= 11 is 0. The van der Waals surface area contributed by atoms with Gasteiger partial charge in [0.05, 0.1) is 13.2 Å². The van der Waals surface area contributed by atoms with Crippen LogP contribution in [-0.2, 0) is 13.0 Å². The second-order valence-electron chi connectivity index (χ2n) is 3.77. The molecule has 0 aliphatic carbocycles. The van der Waals surface area contributed by atoms with Crippen molar-refractivity contribution in [2.75, 3.05) is 13.2 Å². The Hall–Kier alpha value is -1.74. The Bertz CT molecular complexity index is 410. The first-order chi connectivity index (χ1) is 8.76. The topological polar surface area (TPSA) is 38.7 Å². The fraction of sp³-hybridized carbons (Fsp3) is 0.333. The molecule has 0 radical (unpaired) electrons. The van der Waals surface area contributed by atoms with Crippen LogP contribution in [0.5, 0.6) is 11.5 Å². The highest BCUT2D eigenvalue weighted by Gasteiger charge is 2.12. The molecule has 1 rings (SSSR count). The fourth-order valence-corrected chi connectivity index (χ4v) is 1.69. The molecule has 0 amide bonds. The van der Waals surface area contributed by atoms with Gasteiger partial charge in [0.2, 0.25) is 0 Å². The van der Waals surface area contributed by atoms with Gasteiger partial charge in [0, 0.05) is 5.56 Å². The molecule has 3 nitrogen and oxygen atoms in total. The number of allylic oxidation sites excluding steroid dienone is 1. The first-order valence-corrected chi connectivity index (χ1v) is 6.00. The molecular weight excluding hydrogens is 228 g/mol. The molecule has 0 spiro atoms. The molecule has 0 aliphatic heterocycles. The summed E-state index contributed by atoms with van der Waals surface area (Å²) in [7, 11) is 0. The van der Waals surface area contributed by atoms with Gasteiger partial charge in [0.1, 0.15) is 6.61 Å². The van der Waals surface area contributed by atoms with E-state index in [-0.39, 0.29) is 6.61 Å². The summed E-state index contributed by atoms with van der Waals surface area (Å²) in [5.41, 5.74) is 1.77. The average Bonchev–Trinajstić information content (AvgIpc) is 2.38. The second-order valence-corrected chi connectivity index (χ2v) is 3.77. The maximum Gasteiger partial charge on any atom is 0.165 e. The van der Waals surface area contributed by atoms with Crippen molar-refractivity contribution in [2.24, 2.45) is 0 Å². The van der Waals surface area contributed by atoms with Gasteiger partial charge >= 0.3 is 0 Å². The summed E-state index contributed by atoms with van der Waals surface area (Å²) in [4.78, 5) is 0. The Morgan fingerprint density at radius 1 is 1.22 bits per heavy atom. The lowest BCUT2D eigenvalue weighted by molar-refractivity contribution is 0.275. The lowest BCUT2D eigenvalue weighted by Gasteiger charge is -2.16. The molecule has 1 aromatic rings. The number of rotatable bonds is 8. The average molecular weight is 248 g/mol. The fourth-order valence-electron chi connectivity index (χ4n) is 1.69. The van der Waals surface area contributed by atoms with Crippen LogP contribution >= 0.6 is 0 Å². The molecule has 0 unspecified atom stereocenters. The molecule has 0 aromatic heterocycles. The molecular formula is C15H20O3. The quantitative estimate of drug-likeness (QED) is 0.719. The Labute approximate surface area is 108 Å². The molecule has 0 bridgehead atoms. The van der Waals surface area contributed by atoms with Crippen LogP contribution < -0.4 is 9.47 Å². The van der Waals surface area contributed by atoms with E-state index in [2.05, 4.69) is 13.2 Å². The van der Waals surface area contributed by atoms with Gasteiger partial charge in [-0.1, -0.05) is 18.7 Å². The summed E-state index contributed by atoms with van der Waals surface area (Å²) in [5.74, 6) is 1.36. The first kappa shape index (κ1) is 14.3. The van der Waals surface area contributed by atoms with Gasteiger partial charge in [-0.15, -0.1) is 6.58 Å². The van der Waals surface area contributed by atoms with E-state index in [1.165, 1.54) is 0 Å². The van der Waals surface area contributed by atoms with E-state index in [1.54, 1.807) is 18.2 Å². The van der Waals surface area contributed by atoms with Gasteiger partial charge in [0.25, 0.3) is 0 Å². The van der Waals surface area contributed by atoms with Gasteiger partial charge in [-0.2, -0.15) is 0 Å². The normalized spacial score (nSPS) is 9.89. The minimum atomic E-state index is -0.0219. The van der Waals surface area contributed by atoms with Crippen LogP contribution in [0.1, 0.15) is 18.1 Å². The van der Waals surface area contributed by atoms with Gasteiger partial charge in [-0.05, 0) is 31.0 Å². The maximum absolute atomic E-state index is 9.25. The van der Waals surface area contributed by atoms with Crippen LogP contribution in [0.15, 0.2) is 37.4 Å². The predicted molar refractivity (Wildman–Crippen MR) is 73.1 cm³/mol. The molecule has 1 aromatic carbocycles. The van der Waals surface area contributed by atoms with Crippen LogP contribution in [0.4, 0.5) is 0 Å². The van der Waals surface area contributed by atoms with Crippen LogP contribution in [0.2, 0.25) is 0 Å². The molecule has 98 valence electrons. The maximum atomic E-state index is 9.25. The number of aliphatic hydroxyl groups excluding tert-OH is 1. The van der Waals surface area contributed by atoms with E-state index in [1.807, 2.05) is 13.0 Å². The number of aliphatic hydroxyl groups is 1. The standard InChI is InChI=1S/C15H20O3/c1-4-7-13-9-12(11-16)10-14(17-6-3)15(13)18-8-5-2/h4-5,9-10,16H,1-2,6-8,11H2,3H3. The molecule has 0 fully saturated rings. The Kier molecular flexibility index (Phi) is 6.01. The molecule has 0 atom stereocenters. The van der Waals surface area contributed by atoms with Crippen LogP contribution in [-0.4, -0.2) is 18.3 Å². The summed E-state index contributed by atoms with van der Waals surface area (Å²) in [6, 6.07) is 3.71. The van der Waals surface area contributed by atoms with Crippen LogP contribution in [0.3, 0.4) is 0 Å². The van der Waals surface area contributed by atoms with Crippen LogP contribution in [0.25, 0.3) is 0 Å². The van der Waals surface area contributed by atoms with Gasteiger partial charge in [-0.25, -0.2) is 0 Å². The van der Waals surface area contributed by atoms with E-state index in [0.717, 1.165) is 11.1 Å². The second kappa shape index (κ2) is 7.56. The zero-order chi connectivity index (χ0) is 13.4. The third-order valence-electron chi connectivity index (χ3n) is 2.38. The predicted octanol–water partition coefficient (Wildman–Crippen LogP) is 2.87. The van der Waals surface area contributed by atoms with E-state index in [0.29, 0.717) is 31.1 Å². The van der Waals surface area contributed by atoms with Gasteiger partial charge in [0.15, 0.2) is 11.5 Å². The minimum absolute atomic E-state index is 0.0219. The van der Waals surface area contributed by atoms with E-state index >= 15 is 0 Å². The zero-order valence-corrected chi connectivity index (χ0v) is 10.8. The molecule has 0 aliphatic rings.